The number of fused-ring (bicyclic) bond motifs is 2. The second-order valence-electron chi connectivity index (χ2n) is 6.89. The number of ether oxygens (including phenoxy) is 2. The van der Waals surface area contributed by atoms with Gasteiger partial charge in [0.2, 0.25) is 0 Å². The van der Waals surface area contributed by atoms with E-state index in [9.17, 15) is 9.59 Å². The van der Waals surface area contributed by atoms with Crippen molar-refractivity contribution < 1.29 is 19.1 Å². The number of hydrogen-bond acceptors (Lipinski definition) is 4. The lowest BCUT2D eigenvalue weighted by atomic mass is 9.50. The Kier molecular flexibility index (Phi) is 2.16. The Balaban J connectivity index is 1.93. The van der Waals surface area contributed by atoms with E-state index < -0.39 is 5.41 Å². The largest absolute Gasteiger partial charge is 0.458 e. The molecule has 4 heteroatoms. The fourth-order valence-electron chi connectivity index (χ4n) is 4.90. The maximum Gasteiger partial charge on any atom is 0.331 e. The van der Waals surface area contributed by atoms with Crippen LogP contribution in [0.5, 0.6) is 0 Å². The van der Waals surface area contributed by atoms with Crippen molar-refractivity contribution in [3.05, 3.63) is 23.3 Å². The third-order valence-corrected chi connectivity index (χ3v) is 5.76. The highest BCUT2D eigenvalue weighted by Crippen LogP contribution is 2.63. The maximum atomic E-state index is 12.3. The molecule has 0 aromatic rings. The van der Waals surface area contributed by atoms with Crippen LogP contribution in [0.2, 0.25) is 0 Å². The summed E-state index contributed by atoms with van der Waals surface area (Å²) < 4.78 is 10.7. The van der Waals surface area contributed by atoms with Crippen LogP contribution in [0.1, 0.15) is 33.1 Å². The van der Waals surface area contributed by atoms with Crippen molar-refractivity contribution >= 4 is 11.9 Å². The maximum absolute atomic E-state index is 12.3. The van der Waals surface area contributed by atoms with Gasteiger partial charge in [-0.25, -0.2) is 4.79 Å². The first-order valence-corrected chi connectivity index (χ1v) is 7.26. The molecule has 2 aliphatic carbocycles. The van der Waals surface area contributed by atoms with E-state index in [0.29, 0.717) is 6.61 Å². The molecule has 0 aromatic carbocycles. The van der Waals surface area contributed by atoms with E-state index in [1.165, 1.54) is 0 Å². The van der Waals surface area contributed by atoms with Crippen molar-refractivity contribution in [3.8, 4) is 0 Å². The van der Waals surface area contributed by atoms with Gasteiger partial charge < -0.3 is 9.47 Å². The summed E-state index contributed by atoms with van der Waals surface area (Å²) in [4.78, 5) is 23.9. The van der Waals surface area contributed by atoms with Crippen LogP contribution >= 0.6 is 0 Å². The predicted molar refractivity (Wildman–Crippen MR) is 70.6 cm³/mol. The highest BCUT2D eigenvalue weighted by Gasteiger charge is 2.64. The van der Waals surface area contributed by atoms with E-state index >= 15 is 0 Å². The van der Waals surface area contributed by atoms with E-state index in [-0.39, 0.29) is 29.4 Å². The van der Waals surface area contributed by atoms with E-state index in [1.54, 1.807) is 6.08 Å². The molecule has 0 radical (unpaired) electrons. The zero-order chi connectivity index (χ0) is 14.1. The summed E-state index contributed by atoms with van der Waals surface area (Å²) in [6.45, 7) is 4.51. The lowest BCUT2D eigenvalue weighted by Crippen LogP contribution is -2.50. The van der Waals surface area contributed by atoms with Crippen molar-refractivity contribution in [1.82, 2.24) is 0 Å². The van der Waals surface area contributed by atoms with Gasteiger partial charge in [-0.3, -0.25) is 4.79 Å². The first kappa shape index (κ1) is 12.2. The summed E-state index contributed by atoms with van der Waals surface area (Å²) in [7, 11) is 0. The molecule has 20 heavy (non-hydrogen) atoms. The number of cyclic esters (lactones) is 1. The molecule has 0 N–H and O–H groups in total. The number of carbonyl (C=O) groups excluding carboxylic acids is 2. The zero-order valence-corrected chi connectivity index (χ0v) is 11.8. The van der Waals surface area contributed by atoms with Crippen LogP contribution in [-0.4, -0.2) is 24.6 Å². The van der Waals surface area contributed by atoms with Crippen molar-refractivity contribution in [2.24, 2.45) is 16.7 Å². The van der Waals surface area contributed by atoms with Crippen molar-refractivity contribution in [1.29, 1.82) is 0 Å². The Bertz CT molecular complexity index is 587. The molecular formula is C16H18O4. The standard InChI is InChI=1S/C16H18O4/c1-15-4-3-5-16(2)13(15)11(20-14(16)18)6-9-8-19-12(17)7-10(9)15/h6-7,11,13H,3-5,8H2,1-2H3/t11-,13?,15-,16+/m1/s1. The van der Waals surface area contributed by atoms with Gasteiger partial charge in [0.1, 0.15) is 12.7 Å². The van der Waals surface area contributed by atoms with Crippen LogP contribution in [0.25, 0.3) is 0 Å². The Morgan fingerprint density at radius 1 is 1.20 bits per heavy atom. The SMILES string of the molecule is C[C@@]12CCC[C@]3(C)C4=CC(=O)OCC4=C[C@@H](OC1=O)C23. The average molecular weight is 274 g/mol. The summed E-state index contributed by atoms with van der Waals surface area (Å²) in [6, 6.07) is 0. The van der Waals surface area contributed by atoms with Crippen LogP contribution < -0.4 is 0 Å². The predicted octanol–water partition coefficient (Wildman–Crippen LogP) is 2.15. The van der Waals surface area contributed by atoms with E-state index in [1.807, 2.05) is 13.0 Å². The third kappa shape index (κ3) is 1.27. The Morgan fingerprint density at radius 2 is 1.95 bits per heavy atom. The van der Waals surface area contributed by atoms with E-state index in [2.05, 4.69) is 6.92 Å². The van der Waals surface area contributed by atoms with Crippen LogP contribution in [0.4, 0.5) is 0 Å². The summed E-state index contributed by atoms with van der Waals surface area (Å²) >= 11 is 0. The van der Waals surface area contributed by atoms with Crippen LogP contribution in [-0.2, 0) is 19.1 Å². The number of esters is 2. The van der Waals surface area contributed by atoms with Gasteiger partial charge in [0.25, 0.3) is 0 Å². The molecule has 4 aliphatic rings. The van der Waals surface area contributed by atoms with Crippen LogP contribution in [0.15, 0.2) is 23.3 Å². The highest BCUT2D eigenvalue weighted by molar-refractivity contribution is 5.87. The molecule has 1 saturated heterocycles. The van der Waals surface area contributed by atoms with E-state index in [0.717, 1.165) is 30.4 Å². The van der Waals surface area contributed by atoms with E-state index in [4.69, 9.17) is 9.47 Å². The lowest BCUT2D eigenvalue weighted by molar-refractivity contribution is -0.148. The molecule has 4 rings (SSSR count). The Hall–Kier alpha value is -1.58. The lowest BCUT2D eigenvalue weighted by Gasteiger charge is -2.51. The molecule has 4 nitrogen and oxygen atoms in total. The Morgan fingerprint density at radius 3 is 2.75 bits per heavy atom. The second kappa shape index (κ2) is 3.54. The molecule has 0 bridgehead atoms. The average Bonchev–Trinajstić information content (AvgIpc) is 2.64. The Labute approximate surface area is 117 Å². The molecule has 0 spiro atoms. The number of carbonyl (C=O) groups is 2. The van der Waals surface area contributed by atoms with Gasteiger partial charge in [0.15, 0.2) is 0 Å². The topological polar surface area (TPSA) is 52.6 Å². The summed E-state index contributed by atoms with van der Waals surface area (Å²) in [6.07, 6.45) is 6.33. The fraction of sp³-hybridized carbons (Fsp3) is 0.625. The zero-order valence-electron chi connectivity index (χ0n) is 11.8. The minimum Gasteiger partial charge on any atom is -0.458 e. The van der Waals surface area contributed by atoms with Crippen molar-refractivity contribution in [2.45, 2.75) is 39.2 Å². The molecule has 0 aromatic heterocycles. The number of rotatable bonds is 0. The fourth-order valence-corrected chi connectivity index (χ4v) is 4.90. The minimum absolute atomic E-state index is 0.0817. The van der Waals surface area contributed by atoms with Gasteiger partial charge in [-0.1, -0.05) is 13.3 Å². The van der Waals surface area contributed by atoms with Gasteiger partial charge in [0.05, 0.1) is 5.41 Å². The first-order chi connectivity index (χ1) is 9.45. The van der Waals surface area contributed by atoms with Gasteiger partial charge in [0, 0.05) is 17.4 Å². The minimum atomic E-state index is -0.415. The van der Waals surface area contributed by atoms with Crippen molar-refractivity contribution in [2.75, 3.05) is 6.61 Å². The summed E-state index contributed by atoms with van der Waals surface area (Å²) in [5.41, 5.74) is 1.52. The first-order valence-electron chi connectivity index (χ1n) is 7.26. The van der Waals surface area contributed by atoms with Gasteiger partial charge >= 0.3 is 11.9 Å². The van der Waals surface area contributed by atoms with Crippen LogP contribution in [0.3, 0.4) is 0 Å². The molecule has 2 fully saturated rings. The smallest absolute Gasteiger partial charge is 0.331 e. The van der Waals surface area contributed by atoms with Crippen molar-refractivity contribution in [3.63, 3.8) is 0 Å². The molecule has 2 heterocycles. The van der Waals surface area contributed by atoms with Gasteiger partial charge in [-0.2, -0.15) is 0 Å². The summed E-state index contributed by atoms with van der Waals surface area (Å²) in [5, 5.41) is 0. The van der Waals surface area contributed by atoms with Crippen LogP contribution in [0, 0.1) is 16.7 Å². The normalized spacial score (nSPS) is 45.7. The second-order valence-corrected chi connectivity index (χ2v) is 6.89. The molecule has 1 unspecified atom stereocenters. The quantitative estimate of drug-likeness (QED) is 0.635. The molecule has 4 atom stereocenters. The van der Waals surface area contributed by atoms with Gasteiger partial charge in [-0.05, 0) is 37.0 Å². The number of hydrogen-bond donors (Lipinski definition) is 0. The molecule has 0 amide bonds. The molecule has 1 saturated carbocycles. The molecule has 2 aliphatic heterocycles. The molecular weight excluding hydrogens is 256 g/mol. The molecule has 106 valence electrons. The summed E-state index contributed by atoms with van der Waals surface area (Å²) in [5.74, 6) is -0.215. The van der Waals surface area contributed by atoms with Gasteiger partial charge in [-0.15, -0.1) is 0 Å². The third-order valence-electron chi connectivity index (χ3n) is 5.76. The monoisotopic (exact) mass is 274 g/mol. The highest BCUT2D eigenvalue weighted by atomic mass is 16.6.